The lowest BCUT2D eigenvalue weighted by atomic mass is 10.0. The van der Waals surface area contributed by atoms with Crippen molar-refractivity contribution in [3.8, 4) is 0 Å². The van der Waals surface area contributed by atoms with E-state index in [9.17, 15) is 14.4 Å². The molecule has 2 heterocycles. The van der Waals surface area contributed by atoms with Gasteiger partial charge in [-0.3, -0.25) is 14.4 Å². The molecule has 28 heavy (non-hydrogen) atoms. The van der Waals surface area contributed by atoms with Gasteiger partial charge in [-0.2, -0.15) is 0 Å². The van der Waals surface area contributed by atoms with Crippen LogP contribution in [0.1, 0.15) is 28.4 Å². The number of pyridine rings is 1. The van der Waals surface area contributed by atoms with Crippen molar-refractivity contribution in [1.29, 1.82) is 0 Å². The summed E-state index contributed by atoms with van der Waals surface area (Å²) in [7, 11) is 0. The molecule has 0 atom stereocenters. The van der Waals surface area contributed by atoms with Crippen LogP contribution in [0.2, 0.25) is 0 Å². The lowest BCUT2D eigenvalue weighted by Gasteiger charge is -2.09. The number of benzene rings is 2. The number of H-pyrrole nitrogens is 2. The number of nitrogens with one attached hydrogen (secondary N) is 3. The number of aryl methyl sites for hydroxylation is 1. The molecule has 0 saturated heterocycles. The van der Waals surface area contributed by atoms with E-state index < -0.39 is 11.7 Å². The first-order valence-electron chi connectivity index (χ1n) is 9.07. The Hall–Kier alpha value is -3.67. The van der Waals surface area contributed by atoms with E-state index in [0.29, 0.717) is 28.6 Å². The van der Waals surface area contributed by atoms with Crippen molar-refractivity contribution in [2.45, 2.75) is 20.3 Å². The number of fused-ring (bicyclic) bond motifs is 2. The summed E-state index contributed by atoms with van der Waals surface area (Å²) >= 11 is 0. The molecule has 140 valence electrons. The number of carbonyl (C=O) groups excluding carboxylic acids is 2. The Labute approximate surface area is 160 Å². The summed E-state index contributed by atoms with van der Waals surface area (Å²) in [5.74, 6) is -1.35. The maximum atomic E-state index is 12.6. The van der Waals surface area contributed by atoms with Crippen LogP contribution < -0.4 is 10.9 Å². The fourth-order valence-electron chi connectivity index (χ4n) is 3.58. The third-order valence-corrected chi connectivity index (χ3v) is 5.05. The number of aromatic nitrogens is 2. The number of amides is 1. The average Bonchev–Trinajstić information content (AvgIpc) is 3.11. The second kappa shape index (κ2) is 6.81. The van der Waals surface area contributed by atoms with Crippen LogP contribution in [0.15, 0.2) is 53.5 Å². The van der Waals surface area contributed by atoms with E-state index in [1.54, 1.807) is 24.4 Å². The van der Waals surface area contributed by atoms with Crippen LogP contribution >= 0.6 is 0 Å². The Morgan fingerprint density at radius 2 is 1.82 bits per heavy atom. The number of aromatic amines is 2. The van der Waals surface area contributed by atoms with Crippen molar-refractivity contribution in [1.82, 2.24) is 9.97 Å². The van der Waals surface area contributed by atoms with Crippen LogP contribution in [0.3, 0.4) is 0 Å². The molecule has 0 aliphatic carbocycles. The zero-order valence-corrected chi connectivity index (χ0v) is 15.6. The third-order valence-electron chi connectivity index (χ3n) is 5.05. The van der Waals surface area contributed by atoms with Crippen molar-refractivity contribution in [2.24, 2.45) is 0 Å². The fraction of sp³-hybridized carbons (Fsp3) is 0.136. The number of anilines is 1. The quantitative estimate of drug-likeness (QED) is 0.376. The van der Waals surface area contributed by atoms with E-state index in [1.165, 1.54) is 0 Å². The minimum Gasteiger partial charge on any atom is -0.360 e. The summed E-state index contributed by atoms with van der Waals surface area (Å²) in [4.78, 5) is 43.1. The molecule has 0 aliphatic heterocycles. The summed E-state index contributed by atoms with van der Waals surface area (Å²) in [6, 6.07) is 12.5. The molecule has 4 aromatic rings. The number of rotatable bonds is 4. The SMILES string of the molecule is CCc1c(C)c2ccc(NC(=O)C(=O)c3c[nH]c4ccccc34)cc2[nH]c1=O. The van der Waals surface area contributed by atoms with Crippen LogP contribution in [-0.4, -0.2) is 21.7 Å². The maximum Gasteiger partial charge on any atom is 0.296 e. The van der Waals surface area contributed by atoms with Gasteiger partial charge in [0, 0.05) is 33.7 Å². The molecule has 0 radical (unpaired) electrons. The van der Waals surface area contributed by atoms with Gasteiger partial charge in [-0.15, -0.1) is 0 Å². The van der Waals surface area contributed by atoms with E-state index in [2.05, 4.69) is 15.3 Å². The Morgan fingerprint density at radius 1 is 1.04 bits per heavy atom. The van der Waals surface area contributed by atoms with Crippen molar-refractivity contribution in [2.75, 3.05) is 5.32 Å². The molecule has 3 N–H and O–H groups in total. The molecular weight excluding hydrogens is 354 g/mol. The highest BCUT2D eigenvalue weighted by atomic mass is 16.2. The molecule has 0 bridgehead atoms. The predicted octanol–water partition coefficient (Wildman–Crippen LogP) is 3.70. The molecule has 0 saturated carbocycles. The molecule has 6 nitrogen and oxygen atoms in total. The second-order valence-corrected chi connectivity index (χ2v) is 6.70. The smallest absolute Gasteiger partial charge is 0.296 e. The van der Waals surface area contributed by atoms with E-state index in [1.807, 2.05) is 38.1 Å². The number of para-hydroxylation sites is 1. The number of hydrogen-bond donors (Lipinski definition) is 3. The Kier molecular flexibility index (Phi) is 4.31. The standard InChI is InChI=1S/C22H19N3O3/c1-3-14-12(2)15-9-8-13(10-19(15)25-21(14)27)24-22(28)20(26)17-11-23-18-7-5-4-6-16(17)18/h4-11,23H,3H2,1-2H3,(H,24,28)(H,25,27). The average molecular weight is 373 g/mol. The van der Waals surface area contributed by atoms with Crippen molar-refractivity contribution >= 4 is 39.2 Å². The summed E-state index contributed by atoms with van der Waals surface area (Å²) in [5, 5.41) is 4.25. The van der Waals surface area contributed by atoms with Gasteiger partial charge in [-0.1, -0.05) is 31.2 Å². The number of hydrogen-bond acceptors (Lipinski definition) is 3. The molecule has 2 aromatic carbocycles. The van der Waals surface area contributed by atoms with Crippen molar-refractivity contribution in [3.63, 3.8) is 0 Å². The van der Waals surface area contributed by atoms with Crippen LogP contribution in [0.5, 0.6) is 0 Å². The predicted molar refractivity (Wildman–Crippen MR) is 110 cm³/mol. The number of carbonyl (C=O) groups is 2. The lowest BCUT2D eigenvalue weighted by Crippen LogP contribution is -2.22. The largest absolute Gasteiger partial charge is 0.360 e. The Balaban J connectivity index is 1.65. The number of Topliss-reactive ketones (excluding diaryl/α,β-unsaturated/α-hetero) is 1. The highest BCUT2D eigenvalue weighted by molar-refractivity contribution is 6.48. The molecular formula is C22H19N3O3. The van der Waals surface area contributed by atoms with Gasteiger partial charge >= 0.3 is 0 Å². The molecule has 0 fully saturated rings. The van der Waals surface area contributed by atoms with Gasteiger partial charge in [-0.25, -0.2) is 0 Å². The Morgan fingerprint density at radius 3 is 2.61 bits per heavy atom. The summed E-state index contributed by atoms with van der Waals surface area (Å²) in [6.45, 7) is 3.85. The van der Waals surface area contributed by atoms with Gasteiger partial charge in [0.15, 0.2) is 0 Å². The van der Waals surface area contributed by atoms with Crippen LogP contribution in [0.25, 0.3) is 21.8 Å². The zero-order chi connectivity index (χ0) is 19.8. The molecule has 0 unspecified atom stereocenters. The van der Waals surface area contributed by atoms with E-state index in [0.717, 1.165) is 22.0 Å². The summed E-state index contributed by atoms with van der Waals surface area (Å²) < 4.78 is 0. The van der Waals surface area contributed by atoms with Crippen LogP contribution in [0, 0.1) is 6.92 Å². The topological polar surface area (TPSA) is 94.8 Å². The van der Waals surface area contributed by atoms with Gasteiger partial charge in [0.2, 0.25) is 0 Å². The Bertz CT molecular complexity index is 1300. The second-order valence-electron chi connectivity index (χ2n) is 6.70. The first kappa shape index (κ1) is 17.7. The molecule has 1 amide bonds. The first-order valence-corrected chi connectivity index (χ1v) is 9.07. The van der Waals surface area contributed by atoms with E-state index in [4.69, 9.17) is 0 Å². The van der Waals surface area contributed by atoms with Gasteiger partial charge in [0.05, 0.1) is 11.1 Å². The van der Waals surface area contributed by atoms with Crippen LogP contribution in [-0.2, 0) is 11.2 Å². The van der Waals surface area contributed by atoms with E-state index >= 15 is 0 Å². The monoisotopic (exact) mass is 373 g/mol. The van der Waals surface area contributed by atoms with Gasteiger partial charge in [0.25, 0.3) is 17.2 Å². The van der Waals surface area contributed by atoms with Gasteiger partial charge in [-0.05, 0) is 37.1 Å². The molecule has 4 rings (SSSR count). The van der Waals surface area contributed by atoms with Crippen molar-refractivity contribution < 1.29 is 9.59 Å². The molecule has 0 spiro atoms. The van der Waals surface area contributed by atoms with Crippen molar-refractivity contribution in [3.05, 3.63) is 75.7 Å². The summed E-state index contributed by atoms with van der Waals surface area (Å²) in [5.41, 5.74) is 3.73. The van der Waals surface area contributed by atoms with Gasteiger partial charge < -0.3 is 15.3 Å². The summed E-state index contributed by atoms with van der Waals surface area (Å²) in [6.07, 6.45) is 2.19. The first-order chi connectivity index (χ1) is 13.5. The molecule has 0 aliphatic rings. The lowest BCUT2D eigenvalue weighted by molar-refractivity contribution is -0.112. The number of ketones is 1. The minimum absolute atomic E-state index is 0.133. The zero-order valence-electron chi connectivity index (χ0n) is 15.6. The van der Waals surface area contributed by atoms with Gasteiger partial charge in [0.1, 0.15) is 0 Å². The highest BCUT2D eigenvalue weighted by Gasteiger charge is 2.20. The maximum absolute atomic E-state index is 12.6. The molecule has 2 aromatic heterocycles. The fourth-order valence-corrected chi connectivity index (χ4v) is 3.58. The normalized spacial score (nSPS) is 11.1. The van der Waals surface area contributed by atoms with E-state index in [-0.39, 0.29) is 5.56 Å². The minimum atomic E-state index is -0.728. The highest BCUT2D eigenvalue weighted by Crippen LogP contribution is 2.22. The third kappa shape index (κ3) is 2.89. The van der Waals surface area contributed by atoms with Crippen LogP contribution in [0.4, 0.5) is 5.69 Å². The molecule has 6 heteroatoms.